The second-order valence-corrected chi connectivity index (χ2v) is 11.0. The molecule has 2 aromatic carbocycles. The molecular formula is C25H33N5O4S. The van der Waals surface area contributed by atoms with Crippen molar-refractivity contribution in [3.8, 4) is 5.75 Å². The number of hydrogen-bond donors (Lipinski definition) is 1. The number of sulfonamides is 1. The summed E-state index contributed by atoms with van der Waals surface area (Å²) in [4.78, 5) is 13.2. The van der Waals surface area contributed by atoms with E-state index in [4.69, 9.17) is 4.74 Å². The van der Waals surface area contributed by atoms with E-state index in [1.807, 2.05) is 45.0 Å². The number of amides is 1. The molecule has 1 fully saturated rings. The Morgan fingerprint density at radius 1 is 1.17 bits per heavy atom. The Bertz CT molecular complexity index is 1270. The lowest BCUT2D eigenvalue weighted by molar-refractivity contribution is -0.125. The molecule has 1 aromatic heterocycles. The van der Waals surface area contributed by atoms with Crippen molar-refractivity contribution in [1.29, 1.82) is 0 Å². The molecule has 4 rings (SSSR count). The molecule has 0 spiro atoms. The van der Waals surface area contributed by atoms with Crippen LogP contribution in [0.5, 0.6) is 5.75 Å². The number of rotatable bonds is 9. The number of nitrogens with one attached hydrogen (secondary N) is 1. The van der Waals surface area contributed by atoms with Crippen LogP contribution >= 0.6 is 0 Å². The topological polar surface area (TPSA) is 106 Å². The minimum atomic E-state index is -3.87. The molecule has 0 saturated carbocycles. The number of aryl methyl sites for hydroxylation is 1. The predicted octanol–water partition coefficient (Wildman–Crippen LogP) is 3.49. The Kier molecular flexibility index (Phi) is 7.71. The SMILES string of the molecule is CCCn1nnc2cc(S(=O)(=O)N3CCCC[C@@H]3C(=O)NCc3ccc(OC(C)C)cc3)ccc21. The number of benzene rings is 2. The number of ether oxygens (including phenoxy) is 1. The Labute approximate surface area is 206 Å². The van der Waals surface area contributed by atoms with Gasteiger partial charge in [-0.3, -0.25) is 4.79 Å². The number of piperidine rings is 1. The van der Waals surface area contributed by atoms with Crippen LogP contribution in [0.25, 0.3) is 11.0 Å². The number of fused-ring (bicyclic) bond motifs is 1. The van der Waals surface area contributed by atoms with E-state index in [2.05, 4.69) is 15.6 Å². The molecule has 2 heterocycles. The number of aromatic nitrogens is 3. The second kappa shape index (κ2) is 10.7. The lowest BCUT2D eigenvalue weighted by Gasteiger charge is -2.33. The fraction of sp³-hybridized carbons (Fsp3) is 0.480. The summed E-state index contributed by atoms with van der Waals surface area (Å²) in [7, 11) is -3.87. The van der Waals surface area contributed by atoms with E-state index < -0.39 is 16.1 Å². The molecule has 0 bridgehead atoms. The Hall–Kier alpha value is -2.98. The highest BCUT2D eigenvalue weighted by atomic mass is 32.2. The van der Waals surface area contributed by atoms with Gasteiger partial charge in [0.2, 0.25) is 15.9 Å². The first-order valence-electron chi connectivity index (χ1n) is 12.2. The van der Waals surface area contributed by atoms with Gasteiger partial charge < -0.3 is 10.1 Å². The van der Waals surface area contributed by atoms with Crippen LogP contribution in [0.1, 0.15) is 52.0 Å². The Morgan fingerprint density at radius 2 is 1.94 bits per heavy atom. The summed E-state index contributed by atoms with van der Waals surface area (Å²) < 4.78 is 35.9. The molecule has 10 heteroatoms. The first-order chi connectivity index (χ1) is 16.8. The van der Waals surface area contributed by atoms with Gasteiger partial charge in [0.15, 0.2) is 0 Å². The normalized spacial score (nSPS) is 17.1. The van der Waals surface area contributed by atoms with Gasteiger partial charge in [0, 0.05) is 19.6 Å². The highest BCUT2D eigenvalue weighted by Gasteiger charge is 2.37. The van der Waals surface area contributed by atoms with E-state index in [-0.39, 0.29) is 16.9 Å². The zero-order valence-corrected chi connectivity index (χ0v) is 21.3. The highest BCUT2D eigenvalue weighted by Crippen LogP contribution is 2.27. The van der Waals surface area contributed by atoms with Crippen molar-refractivity contribution < 1.29 is 17.9 Å². The van der Waals surface area contributed by atoms with Crippen LogP contribution in [-0.4, -0.2) is 52.3 Å². The van der Waals surface area contributed by atoms with E-state index in [9.17, 15) is 13.2 Å². The van der Waals surface area contributed by atoms with Crippen molar-refractivity contribution in [2.45, 2.75) is 76.6 Å². The number of carbonyl (C=O) groups excluding carboxylic acids is 1. The fourth-order valence-corrected chi connectivity index (χ4v) is 6.02. The van der Waals surface area contributed by atoms with Crippen LogP contribution < -0.4 is 10.1 Å². The summed E-state index contributed by atoms with van der Waals surface area (Å²) >= 11 is 0. The molecule has 188 valence electrons. The Balaban J connectivity index is 1.48. The van der Waals surface area contributed by atoms with Crippen molar-refractivity contribution in [3.05, 3.63) is 48.0 Å². The Morgan fingerprint density at radius 3 is 2.66 bits per heavy atom. The molecule has 0 unspecified atom stereocenters. The molecule has 1 amide bonds. The van der Waals surface area contributed by atoms with Crippen LogP contribution in [0, 0.1) is 0 Å². The van der Waals surface area contributed by atoms with Crippen molar-refractivity contribution in [1.82, 2.24) is 24.6 Å². The van der Waals surface area contributed by atoms with Gasteiger partial charge in [-0.15, -0.1) is 5.10 Å². The zero-order chi connectivity index (χ0) is 25.0. The van der Waals surface area contributed by atoms with Gasteiger partial charge in [-0.2, -0.15) is 4.31 Å². The van der Waals surface area contributed by atoms with Crippen molar-refractivity contribution in [2.75, 3.05) is 6.54 Å². The lowest BCUT2D eigenvalue weighted by Crippen LogP contribution is -2.51. The molecule has 3 aromatic rings. The van der Waals surface area contributed by atoms with Crippen LogP contribution in [-0.2, 0) is 27.9 Å². The molecule has 35 heavy (non-hydrogen) atoms. The average Bonchev–Trinajstić information content (AvgIpc) is 3.25. The van der Waals surface area contributed by atoms with Crippen molar-refractivity contribution in [2.24, 2.45) is 0 Å². The molecule has 1 atom stereocenters. The zero-order valence-electron chi connectivity index (χ0n) is 20.5. The largest absolute Gasteiger partial charge is 0.491 e. The summed E-state index contributed by atoms with van der Waals surface area (Å²) in [6.07, 6.45) is 2.99. The fourth-order valence-electron chi connectivity index (χ4n) is 4.34. The molecule has 1 aliphatic heterocycles. The number of hydrogen-bond acceptors (Lipinski definition) is 6. The number of nitrogens with zero attached hydrogens (tertiary/aromatic N) is 4. The van der Waals surface area contributed by atoms with E-state index in [1.54, 1.807) is 22.9 Å². The van der Waals surface area contributed by atoms with E-state index in [0.29, 0.717) is 31.6 Å². The highest BCUT2D eigenvalue weighted by molar-refractivity contribution is 7.89. The van der Waals surface area contributed by atoms with Crippen molar-refractivity contribution >= 4 is 27.0 Å². The molecule has 1 N–H and O–H groups in total. The smallest absolute Gasteiger partial charge is 0.243 e. The summed E-state index contributed by atoms with van der Waals surface area (Å²) in [5.41, 5.74) is 2.24. The first kappa shape index (κ1) is 25.1. The number of carbonyl (C=O) groups is 1. The third kappa shape index (κ3) is 5.65. The van der Waals surface area contributed by atoms with Crippen LogP contribution in [0.15, 0.2) is 47.4 Å². The van der Waals surface area contributed by atoms with E-state index >= 15 is 0 Å². The van der Waals surface area contributed by atoms with Crippen LogP contribution in [0.4, 0.5) is 0 Å². The predicted molar refractivity (Wildman–Crippen MR) is 133 cm³/mol. The van der Waals surface area contributed by atoms with Gasteiger partial charge >= 0.3 is 0 Å². The van der Waals surface area contributed by atoms with Gasteiger partial charge in [-0.1, -0.05) is 30.7 Å². The minimum Gasteiger partial charge on any atom is -0.491 e. The average molecular weight is 500 g/mol. The maximum absolute atomic E-state index is 13.6. The second-order valence-electron chi connectivity index (χ2n) is 9.12. The van der Waals surface area contributed by atoms with Gasteiger partial charge in [-0.05, 0) is 69.0 Å². The minimum absolute atomic E-state index is 0.0869. The van der Waals surface area contributed by atoms with Gasteiger partial charge in [0.25, 0.3) is 0 Å². The van der Waals surface area contributed by atoms with Crippen LogP contribution in [0.3, 0.4) is 0 Å². The maximum atomic E-state index is 13.6. The summed E-state index contributed by atoms with van der Waals surface area (Å²) in [6.45, 7) is 7.31. The van der Waals surface area contributed by atoms with Gasteiger partial charge in [-0.25, -0.2) is 13.1 Å². The molecule has 0 radical (unpaired) electrons. The molecular weight excluding hydrogens is 466 g/mol. The summed E-state index contributed by atoms with van der Waals surface area (Å²) in [5.74, 6) is 0.483. The quantitative estimate of drug-likeness (QED) is 0.483. The van der Waals surface area contributed by atoms with Crippen LogP contribution in [0.2, 0.25) is 0 Å². The molecule has 1 aliphatic rings. The lowest BCUT2D eigenvalue weighted by atomic mass is 10.0. The van der Waals surface area contributed by atoms with E-state index in [1.165, 1.54) is 4.31 Å². The standard InChI is InChI=1S/C25H33N5O4S/c1-4-14-29-23-13-12-21(16-22(23)27-28-29)35(32,33)30-15-6-5-7-24(30)25(31)26-17-19-8-10-20(11-9-19)34-18(2)3/h8-13,16,18,24H,4-7,14-15,17H2,1-3H3,(H,26,31)/t24-/m1/s1. The van der Waals surface area contributed by atoms with Gasteiger partial charge in [0.05, 0.1) is 16.5 Å². The maximum Gasteiger partial charge on any atom is 0.243 e. The van der Waals surface area contributed by atoms with E-state index in [0.717, 1.165) is 36.1 Å². The summed E-state index contributed by atoms with van der Waals surface area (Å²) in [6, 6.07) is 11.7. The summed E-state index contributed by atoms with van der Waals surface area (Å²) in [5, 5.41) is 11.2. The molecule has 9 nitrogen and oxygen atoms in total. The third-order valence-corrected chi connectivity index (χ3v) is 7.95. The van der Waals surface area contributed by atoms with Gasteiger partial charge in [0.1, 0.15) is 17.3 Å². The first-order valence-corrected chi connectivity index (χ1v) is 13.6. The monoisotopic (exact) mass is 499 g/mol. The van der Waals surface area contributed by atoms with Crippen molar-refractivity contribution in [3.63, 3.8) is 0 Å². The molecule has 1 saturated heterocycles. The third-order valence-electron chi connectivity index (χ3n) is 6.05. The molecule has 0 aliphatic carbocycles.